The molecule has 0 spiro atoms. The summed E-state index contributed by atoms with van der Waals surface area (Å²) < 4.78 is 24.7. The summed E-state index contributed by atoms with van der Waals surface area (Å²) in [6.45, 7) is 2.03. The molecule has 18 heavy (non-hydrogen) atoms. The fraction of sp³-hybridized carbons (Fsp3) is 0.214. The van der Waals surface area contributed by atoms with E-state index in [0.29, 0.717) is 0 Å². The summed E-state index contributed by atoms with van der Waals surface area (Å²) in [5.74, 6) is 0.0968. The Kier molecular flexibility index (Phi) is 2.48. The molecule has 4 heteroatoms. The predicted octanol–water partition coefficient (Wildman–Crippen LogP) is 2.52. The summed E-state index contributed by atoms with van der Waals surface area (Å²) in [5.41, 5.74) is 2.75. The number of pyridine rings is 1. The highest BCUT2D eigenvalue weighted by Crippen LogP contribution is 2.35. The summed E-state index contributed by atoms with van der Waals surface area (Å²) in [6, 6.07) is 11.4. The lowest BCUT2D eigenvalue weighted by Gasteiger charge is -2.13. The highest BCUT2D eigenvalue weighted by molar-refractivity contribution is 7.90. The number of benzene rings is 1. The van der Waals surface area contributed by atoms with Crippen molar-refractivity contribution < 1.29 is 8.42 Å². The number of nitrogens with zero attached hydrogens (tertiary/aromatic N) is 1. The molecule has 0 amide bonds. The zero-order valence-electron chi connectivity index (χ0n) is 10.00. The van der Waals surface area contributed by atoms with Gasteiger partial charge in [0, 0.05) is 12.1 Å². The first-order chi connectivity index (χ1) is 8.59. The van der Waals surface area contributed by atoms with Gasteiger partial charge in [0.1, 0.15) is 0 Å². The average Bonchev–Trinajstić information content (AvgIpc) is 2.45. The summed E-state index contributed by atoms with van der Waals surface area (Å²) in [5, 5.41) is 0.230. The Hall–Kier alpha value is -1.68. The molecule has 0 radical (unpaired) electrons. The molecule has 1 aromatic carbocycles. The molecule has 1 aliphatic heterocycles. The van der Waals surface area contributed by atoms with Crippen molar-refractivity contribution in [3.8, 4) is 0 Å². The second-order valence-corrected chi connectivity index (χ2v) is 6.48. The third-order valence-corrected chi connectivity index (χ3v) is 5.05. The maximum absolute atomic E-state index is 12.3. The lowest BCUT2D eigenvalue weighted by atomic mass is 9.91. The molecule has 0 fully saturated rings. The molecule has 0 N–H and O–H groups in total. The van der Waals surface area contributed by atoms with Crippen molar-refractivity contribution in [2.45, 2.75) is 23.6 Å². The molecule has 1 unspecified atom stereocenters. The van der Waals surface area contributed by atoms with Gasteiger partial charge >= 0.3 is 0 Å². The number of rotatable bonds is 0. The second kappa shape index (κ2) is 3.92. The third kappa shape index (κ3) is 1.64. The van der Waals surface area contributed by atoms with Gasteiger partial charge in [-0.25, -0.2) is 13.4 Å². The first-order valence-electron chi connectivity index (χ1n) is 5.85. The lowest BCUT2D eigenvalue weighted by Crippen LogP contribution is -2.07. The lowest BCUT2D eigenvalue weighted by molar-refractivity contribution is 0.590. The number of hydrogen-bond acceptors (Lipinski definition) is 3. The van der Waals surface area contributed by atoms with Crippen molar-refractivity contribution in [3.63, 3.8) is 0 Å². The molecule has 1 atom stereocenters. The molecular formula is C14H13NO2S. The zero-order valence-corrected chi connectivity index (χ0v) is 10.8. The zero-order chi connectivity index (χ0) is 12.8. The van der Waals surface area contributed by atoms with Gasteiger partial charge in [-0.3, -0.25) is 0 Å². The van der Waals surface area contributed by atoms with E-state index in [2.05, 4.69) is 4.98 Å². The van der Waals surface area contributed by atoms with Crippen LogP contribution in [-0.4, -0.2) is 13.4 Å². The fourth-order valence-electron chi connectivity index (χ4n) is 2.52. The van der Waals surface area contributed by atoms with E-state index in [1.54, 1.807) is 12.3 Å². The Balaban J connectivity index is 2.35. The molecule has 3 rings (SSSR count). The van der Waals surface area contributed by atoms with E-state index in [0.717, 1.165) is 16.7 Å². The van der Waals surface area contributed by atoms with Gasteiger partial charge < -0.3 is 0 Å². The standard InChI is InChI=1S/C14H13NO2S/c1-10-12-6-3-2-5-11(12)9-18(16,17)14-13(10)7-4-8-15-14/h2-8,10H,9H2,1H3. The van der Waals surface area contributed by atoms with Crippen LogP contribution in [0.5, 0.6) is 0 Å². The summed E-state index contributed by atoms with van der Waals surface area (Å²) >= 11 is 0. The Labute approximate surface area is 106 Å². The number of sulfone groups is 1. The molecular weight excluding hydrogens is 246 g/mol. The van der Waals surface area contributed by atoms with Crippen LogP contribution < -0.4 is 0 Å². The minimum Gasteiger partial charge on any atom is -0.244 e. The van der Waals surface area contributed by atoms with Crippen molar-refractivity contribution in [3.05, 3.63) is 59.3 Å². The predicted molar refractivity (Wildman–Crippen MR) is 69.1 cm³/mol. The topological polar surface area (TPSA) is 47.0 Å². The number of fused-ring (bicyclic) bond motifs is 2. The van der Waals surface area contributed by atoms with E-state index in [4.69, 9.17) is 0 Å². The van der Waals surface area contributed by atoms with E-state index in [9.17, 15) is 8.42 Å². The van der Waals surface area contributed by atoms with Crippen molar-refractivity contribution in [1.29, 1.82) is 0 Å². The molecule has 0 saturated carbocycles. The van der Waals surface area contributed by atoms with E-state index in [1.165, 1.54) is 0 Å². The smallest absolute Gasteiger partial charge is 0.200 e. The SMILES string of the molecule is CC1c2ccccc2CS(=O)(=O)c2ncccc21. The van der Waals surface area contributed by atoms with Crippen molar-refractivity contribution in [2.75, 3.05) is 0 Å². The molecule has 1 aliphatic rings. The first kappa shape index (κ1) is 11.4. The van der Waals surface area contributed by atoms with Crippen LogP contribution in [-0.2, 0) is 15.6 Å². The van der Waals surface area contributed by atoms with Crippen molar-refractivity contribution in [2.24, 2.45) is 0 Å². The van der Waals surface area contributed by atoms with E-state index in [1.807, 2.05) is 37.3 Å². The van der Waals surface area contributed by atoms with Gasteiger partial charge in [-0.15, -0.1) is 0 Å². The van der Waals surface area contributed by atoms with Gasteiger partial charge in [-0.2, -0.15) is 0 Å². The minimum atomic E-state index is -3.34. The van der Waals surface area contributed by atoms with Gasteiger partial charge in [-0.05, 0) is 22.8 Å². The van der Waals surface area contributed by atoms with Crippen LogP contribution in [0.15, 0.2) is 47.6 Å². The molecule has 92 valence electrons. The van der Waals surface area contributed by atoms with Crippen molar-refractivity contribution in [1.82, 2.24) is 4.98 Å². The van der Waals surface area contributed by atoms with Crippen LogP contribution >= 0.6 is 0 Å². The molecule has 0 bridgehead atoms. The molecule has 1 aromatic heterocycles. The van der Waals surface area contributed by atoms with Gasteiger partial charge in [0.05, 0.1) is 5.75 Å². The Morgan fingerprint density at radius 3 is 2.67 bits per heavy atom. The fourth-order valence-corrected chi connectivity index (χ4v) is 4.16. The minimum absolute atomic E-state index is 0.0392. The third-order valence-electron chi connectivity index (χ3n) is 3.43. The average molecular weight is 259 g/mol. The molecule has 2 aromatic rings. The molecule has 0 saturated heterocycles. The van der Waals surface area contributed by atoms with Crippen LogP contribution in [0.4, 0.5) is 0 Å². The van der Waals surface area contributed by atoms with E-state index in [-0.39, 0.29) is 16.7 Å². The molecule has 0 aliphatic carbocycles. The quantitative estimate of drug-likeness (QED) is 0.730. The first-order valence-corrected chi connectivity index (χ1v) is 7.50. The number of hydrogen-bond donors (Lipinski definition) is 0. The van der Waals surface area contributed by atoms with Gasteiger partial charge in [0.25, 0.3) is 0 Å². The monoisotopic (exact) mass is 259 g/mol. The summed E-state index contributed by atoms with van der Waals surface area (Å²) in [4.78, 5) is 4.08. The van der Waals surface area contributed by atoms with Gasteiger partial charge in [0.2, 0.25) is 0 Å². The van der Waals surface area contributed by atoms with E-state index >= 15 is 0 Å². The van der Waals surface area contributed by atoms with Crippen LogP contribution in [0.2, 0.25) is 0 Å². The second-order valence-electron chi connectivity index (χ2n) is 4.58. The maximum Gasteiger partial charge on any atom is 0.200 e. The molecule has 3 nitrogen and oxygen atoms in total. The van der Waals surface area contributed by atoms with Crippen LogP contribution in [0.1, 0.15) is 29.5 Å². The Morgan fingerprint density at radius 1 is 1.11 bits per heavy atom. The van der Waals surface area contributed by atoms with Crippen molar-refractivity contribution >= 4 is 9.84 Å². The Morgan fingerprint density at radius 2 is 1.83 bits per heavy atom. The summed E-state index contributed by atoms with van der Waals surface area (Å²) in [6.07, 6.45) is 1.54. The summed E-state index contributed by atoms with van der Waals surface area (Å²) in [7, 11) is -3.34. The highest BCUT2D eigenvalue weighted by Gasteiger charge is 2.29. The molecule has 2 heterocycles. The largest absolute Gasteiger partial charge is 0.244 e. The van der Waals surface area contributed by atoms with Gasteiger partial charge in [-0.1, -0.05) is 37.3 Å². The van der Waals surface area contributed by atoms with Crippen LogP contribution in [0.3, 0.4) is 0 Å². The highest BCUT2D eigenvalue weighted by atomic mass is 32.2. The maximum atomic E-state index is 12.3. The Bertz CT molecular complexity index is 707. The van der Waals surface area contributed by atoms with E-state index < -0.39 is 9.84 Å². The van der Waals surface area contributed by atoms with Crippen LogP contribution in [0.25, 0.3) is 0 Å². The van der Waals surface area contributed by atoms with Gasteiger partial charge in [0.15, 0.2) is 14.9 Å². The van der Waals surface area contributed by atoms with Crippen LogP contribution in [0, 0.1) is 0 Å². The normalized spacial score (nSPS) is 20.6. The number of aromatic nitrogens is 1.